The first-order valence-corrected chi connectivity index (χ1v) is 9.57. The van der Waals surface area contributed by atoms with Gasteiger partial charge in [0.15, 0.2) is 0 Å². The van der Waals surface area contributed by atoms with E-state index in [1.807, 2.05) is 11.8 Å². The van der Waals surface area contributed by atoms with Crippen molar-refractivity contribution in [2.75, 3.05) is 25.4 Å². The van der Waals surface area contributed by atoms with E-state index in [4.69, 9.17) is 4.74 Å². The van der Waals surface area contributed by atoms with E-state index in [-0.39, 0.29) is 6.09 Å². The molecule has 4 nitrogen and oxygen atoms in total. The summed E-state index contributed by atoms with van der Waals surface area (Å²) in [6.07, 6.45) is 7.35. The second-order valence-electron chi connectivity index (χ2n) is 6.07. The van der Waals surface area contributed by atoms with Gasteiger partial charge in [0.25, 0.3) is 0 Å². The van der Waals surface area contributed by atoms with Crippen molar-refractivity contribution < 1.29 is 9.53 Å². The molecule has 0 aromatic heterocycles. The van der Waals surface area contributed by atoms with Gasteiger partial charge in [0.2, 0.25) is 0 Å². The highest BCUT2D eigenvalue weighted by molar-refractivity contribution is 7.99. The summed E-state index contributed by atoms with van der Waals surface area (Å²) in [6, 6.07) is 1.26. The number of hydrogen-bond acceptors (Lipinski definition) is 4. The molecule has 0 radical (unpaired) electrons. The van der Waals surface area contributed by atoms with E-state index in [9.17, 15) is 4.79 Å². The molecule has 2 atom stereocenters. The van der Waals surface area contributed by atoms with Crippen LogP contribution in [0.1, 0.15) is 52.4 Å². The van der Waals surface area contributed by atoms with E-state index in [1.54, 1.807) is 0 Å². The highest BCUT2D eigenvalue weighted by Gasteiger charge is 2.27. The summed E-state index contributed by atoms with van der Waals surface area (Å²) in [5.41, 5.74) is 0. The average Bonchev–Trinajstić information content (AvgIpc) is 2.49. The van der Waals surface area contributed by atoms with Crippen LogP contribution in [0.15, 0.2) is 0 Å². The Bertz CT molecular complexity index is 317. The second-order valence-corrected chi connectivity index (χ2v) is 7.65. The number of hydrogen-bond donors (Lipinski definition) is 1. The topological polar surface area (TPSA) is 41.6 Å². The van der Waals surface area contributed by atoms with Gasteiger partial charge in [0, 0.05) is 30.4 Å². The molecule has 0 bridgehead atoms. The average molecular weight is 314 g/mol. The third-order valence-electron chi connectivity index (χ3n) is 4.52. The van der Waals surface area contributed by atoms with Crippen molar-refractivity contribution in [3.8, 4) is 0 Å². The minimum atomic E-state index is -0.145. The third kappa shape index (κ3) is 5.37. The number of carbonyl (C=O) groups is 1. The van der Waals surface area contributed by atoms with Crippen molar-refractivity contribution >= 4 is 17.9 Å². The van der Waals surface area contributed by atoms with Gasteiger partial charge in [-0.25, -0.2) is 4.79 Å². The van der Waals surface area contributed by atoms with Gasteiger partial charge in [-0.2, -0.15) is 11.8 Å². The lowest BCUT2D eigenvalue weighted by Gasteiger charge is -2.36. The smallest absolute Gasteiger partial charge is 0.409 e. The minimum absolute atomic E-state index is 0.145. The zero-order chi connectivity index (χ0) is 15.1. The first-order valence-electron chi connectivity index (χ1n) is 8.52. The molecule has 2 aliphatic rings. The SMILES string of the molecule is CCOC(=O)N1CCC(N[C@H]2CCC[C@H](SCC)C2)CC1. The molecule has 0 aromatic rings. The van der Waals surface area contributed by atoms with Gasteiger partial charge in [-0.3, -0.25) is 0 Å². The molecular formula is C16H30N2O2S. The Morgan fingerprint density at radius 3 is 2.62 bits per heavy atom. The van der Waals surface area contributed by atoms with Crippen molar-refractivity contribution in [3.63, 3.8) is 0 Å². The van der Waals surface area contributed by atoms with E-state index in [0.29, 0.717) is 18.7 Å². The fourth-order valence-electron chi connectivity index (χ4n) is 3.46. The summed E-state index contributed by atoms with van der Waals surface area (Å²) in [7, 11) is 0. The maximum atomic E-state index is 11.7. The van der Waals surface area contributed by atoms with Crippen LogP contribution in [0.25, 0.3) is 0 Å². The first kappa shape index (κ1) is 16.9. The summed E-state index contributed by atoms with van der Waals surface area (Å²) in [5.74, 6) is 1.23. The Labute approximate surface area is 133 Å². The lowest BCUT2D eigenvalue weighted by Crippen LogP contribution is -2.49. The van der Waals surface area contributed by atoms with E-state index < -0.39 is 0 Å². The zero-order valence-corrected chi connectivity index (χ0v) is 14.3. The molecule has 1 aliphatic heterocycles. The van der Waals surface area contributed by atoms with Crippen molar-refractivity contribution in [1.82, 2.24) is 10.2 Å². The van der Waals surface area contributed by atoms with Crippen LogP contribution in [-0.2, 0) is 4.74 Å². The fourth-order valence-corrected chi connectivity index (χ4v) is 4.63. The largest absolute Gasteiger partial charge is 0.450 e. The Balaban J connectivity index is 1.69. The van der Waals surface area contributed by atoms with Crippen molar-refractivity contribution in [2.24, 2.45) is 0 Å². The number of carbonyl (C=O) groups excluding carboxylic acids is 1. The van der Waals surface area contributed by atoms with Gasteiger partial charge in [-0.15, -0.1) is 0 Å². The number of ether oxygens (including phenoxy) is 1. The van der Waals surface area contributed by atoms with Crippen LogP contribution in [0.3, 0.4) is 0 Å². The van der Waals surface area contributed by atoms with Gasteiger partial charge in [0.05, 0.1) is 6.61 Å². The molecule has 0 aromatic carbocycles. The number of nitrogens with one attached hydrogen (secondary N) is 1. The van der Waals surface area contributed by atoms with Crippen LogP contribution >= 0.6 is 11.8 Å². The Morgan fingerprint density at radius 1 is 1.19 bits per heavy atom. The number of likely N-dealkylation sites (tertiary alicyclic amines) is 1. The summed E-state index contributed by atoms with van der Waals surface area (Å²) >= 11 is 2.12. The lowest BCUT2D eigenvalue weighted by atomic mass is 9.93. The Hall–Kier alpha value is -0.420. The predicted octanol–water partition coefficient (Wildman–Crippen LogP) is 3.26. The lowest BCUT2D eigenvalue weighted by molar-refractivity contribution is 0.0937. The van der Waals surface area contributed by atoms with E-state index in [1.165, 1.54) is 31.4 Å². The van der Waals surface area contributed by atoms with Gasteiger partial charge in [-0.05, 0) is 44.8 Å². The van der Waals surface area contributed by atoms with Crippen molar-refractivity contribution in [1.29, 1.82) is 0 Å². The molecular weight excluding hydrogens is 284 g/mol. The number of piperidine rings is 1. The van der Waals surface area contributed by atoms with E-state index >= 15 is 0 Å². The van der Waals surface area contributed by atoms with E-state index in [0.717, 1.165) is 31.2 Å². The Morgan fingerprint density at radius 2 is 1.95 bits per heavy atom. The number of nitrogens with zero attached hydrogens (tertiary/aromatic N) is 1. The molecule has 1 N–H and O–H groups in total. The maximum absolute atomic E-state index is 11.7. The number of thioether (sulfide) groups is 1. The van der Waals surface area contributed by atoms with Crippen LogP contribution in [0.4, 0.5) is 4.79 Å². The first-order chi connectivity index (χ1) is 10.2. The van der Waals surface area contributed by atoms with Gasteiger partial charge >= 0.3 is 6.09 Å². The maximum Gasteiger partial charge on any atom is 0.409 e. The highest BCUT2D eigenvalue weighted by atomic mass is 32.2. The molecule has 0 unspecified atom stereocenters. The molecule has 1 saturated carbocycles. The van der Waals surface area contributed by atoms with E-state index in [2.05, 4.69) is 24.0 Å². The molecule has 5 heteroatoms. The molecule has 1 aliphatic carbocycles. The normalized spacial score (nSPS) is 27.6. The number of rotatable bonds is 5. The van der Waals surface area contributed by atoms with Crippen LogP contribution in [-0.4, -0.2) is 53.8 Å². The minimum Gasteiger partial charge on any atom is -0.450 e. The summed E-state index contributed by atoms with van der Waals surface area (Å²) in [5, 5.41) is 4.69. The number of amides is 1. The summed E-state index contributed by atoms with van der Waals surface area (Å²) in [4.78, 5) is 13.5. The second kappa shape index (κ2) is 8.89. The standard InChI is InChI=1S/C16H30N2O2S/c1-3-20-16(19)18-10-8-13(9-11-18)17-14-6-5-7-15(12-14)21-4-2/h13-15,17H,3-12H2,1-2H3/t14-,15-/m0/s1. The molecule has 2 rings (SSSR count). The van der Waals surface area contributed by atoms with Gasteiger partial charge in [0.1, 0.15) is 0 Å². The van der Waals surface area contributed by atoms with Gasteiger partial charge < -0.3 is 15.0 Å². The monoisotopic (exact) mass is 314 g/mol. The molecule has 0 spiro atoms. The molecule has 21 heavy (non-hydrogen) atoms. The molecule has 1 saturated heterocycles. The third-order valence-corrected chi connectivity index (χ3v) is 5.75. The fraction of sp³-hybridized carbons (Fsp3) is 0.938. The molecule has 122 valence electrons. The zero-order valence-electron chi connectivity index (χ0n) is 13.5. The quantitative estimate of drug-likeness (QED) is 0.846. The van der Waals surface area contributed by atoms with Crippen molar-refractivity contribution in [3.05, 3.63) is 0 Å². The van der Waals surface area contributed by atoms with Crippen LogP contribution in [0.5, 0.6) is 0 Å². The highest BCUT2D eigenvalue weighted by Crippen LogP contribution is 2.29. The van der Waals surface area contributed by atoms with Crippen LogP contribution in [0.2, 0.25) is 0 Å². The molecule has 1 amide bonds. The molecule has 2 fully saturated rings. The Kier molecular flexibility index (Phi) is 7.17. The van der Waals surface area contributed by atoms with Crippen molar-refractivity contribution in [2.45, 2.75) is 69.7 Å². The predicted molar refractivity (Wildman–Crippen MR) is 88.9 cm³/mol. The van der Waals surface area contributed by atoms with Gasteiger partial charge in [-0.1, -0.05) is 13.3 Å². The molecule has 1 heterocycles. The summed E-state index contributed by atoms with van der Waals surface area (Å²) in [6.45, 7) is 6.25. The summed E-state index contributed by atoms with van der Waals surface area (Å²) < 4.78 is 5.07. The van der Waals surface area contributed by atoms with Crippen LogP contribution < -0.4 is 5.32 Å². The van der Waals surface area contributed by atoms with Crippen LogP contribution in [0, 0.1) is 0 Å².